The Morgan fingerprint density at radius 2 is 2.07 bits per heavy atom. The van der Waals surface area contributed by atoms with Gasteiger partial charge in [0.2, 0.25) is 5.82 Å². The highest BCUT2D eigenvalue weighted by atomic mass is 19.2. The van der Waals surface area contributed by atoms with Crippen molar-refractivity contribution in [1.82, 2.24) is 0 Å². The second kappa shape index (κ2) is 5.07. The van der Waals surface area contributed by atoms with Gasteiger partial charge in [-0.2, -0.15) is 4.39 Å². The largest absolute Gasteiger partial charge is 0.490 e. The number of halogens is 2. The van der Waals surface area contributed by atoms with E-state index in [2.05, 4.69) is 0 Å². The first-order valence-electron chi connectivity index (χ1n) is 4.86. The molecule has 4 heteroatoms. The number of ether oxygens (including phenoxy) is 1. The van der Waals surface area contributed by atoms with Gasteiger partial charge in [0.25, 0.3) is 0 Å². The van der Waals surface area contributed by atoms with Crippen LogP contribution in [0, 0.1) is 11.6 Å². The third kappa shape index (κ3) is 2.89. The normalized spacial score (nSPS) is 12.6. The molecule has 1 aromatic carbocycles. The van der Waals surface area contributed by atoms with Crippen LogP contribution in [-0.4, -0.2) is 11.7 Å². The topological polar surface area (TPSA) is 29.5 Å². The van der Waals surface area contributed by atoms with Crippen LogP contribution in [0.1, 0.15) is 31.9 Å². The predicted molar refractivity (Wildman–Crippen MR) is 52.8 cm³/mol. The maximum Gasteiger partial charge on any atom is 0.200 e. The summed E-state index contributed by atoms with van der Waals surface area (Å²) in [5, 5.41) is 9.24. The van der Waals surface area contributed by atoms with Gasteiger partial charge in [-0.1, -0.05) is 6.92 Å². The molecule has 2 nitrogen and oxygen atoms in total. The molecule has 1 aromatic rings. The van der Waals surface area contributed by atoms with E-state index in [1.165, 1.54) is 13.0 Å². The summed E-state index contributed by atoms with van der Waals surface area (Å²) in [7, 11) is 0. The molecule has 0 aliphatic heterocycles. The minimum absolute atomic E-state index is 0.146. The van der Waals surface area contributed by atoms with Crippen molar-refractivity contribution in [1.29, 1.82) is 0 Å². The van der Waals surface area contributed by atoms with E-state index in [0.29, 0.717) is 18.6 Å². The summed E-state index contributed by atoms with van der Waals surface area (Å²) >= 11 is 0. The van der Waals surface area contributed by atoms with E-state index in [4.69, 9.17) is 4.74 Å². The summed E-state index contributed by atoms with van der Waals surface area (Å²) < 4.78 is 31.3. The fraction of sp³-hybridized carbons (Fsp3) is 0.455. The zero-order chi connectivity index (χ0) is 11.4. The van der Waals surface area contributed by atoms with E-state index in [1.807, 2.05) is 6.92 Å². The SMILES string of the molecule is CCCOc1cc(C(C)O)cc(F)c1F. The third-order valence-electron chi connectivity index (χ3n) is 1.96. The van der Waals surface area contributed by atoms with Gasteiger partial charge in [0.1, 0.15) is 0 Å². The van der Waals surface area contributed by atoms with Crippen molar-refractivity contribution in [2.24, 2.45) is 0 Å². The highest BCUT2D eigenvalue weighted by Crippen LogP contribution is 2.25. The van der Waals surface area contributed by atoms with E-state index in [-0.39, 0.29) is 5.75 Å². The fourth-order valence-electron chi connectivity index (χ4n) is 1.14. The number of rotatable bonds is 4. The van der Waals surface area contributed by atoms with Crippen molar-refractivity contribution in [2.45, 2.75) is 26.4 Å². The average Bonchev–Trinajstić information content (AvgIpc) is 2.19. The third-order valence-corrected chi connectivity index (χ3v) is 1.96. The summed E-state index contributed by atoms with van der Waals surface area (Å²) in [6.45, 7) is 3.67. The van der Waals surface area contributed by atoms with Crippen LogP contribution in [-0.2, 0) is 0 Å². The lowest BCUT2D eigenvalue weighted by molar-refractivity contribution is 0.197. The Morgan fingerprint density at radius 1 is 1.40 bits per heavy atom. The standard InChI is InChI=1S/C11H14F2O2/c1-3-4-15-10-6-8(7(2)14)5-9(12)11(10)13/h5-7,14H,3-4H2,1-2H3. The predicted octanol–water partition coefficient (Wildman–Crippen LogP) is 2.81. The summed E-state index contributed by atoms with van der Waals surface area (Å²) in [5.74, 6) is -2.15. The van der Waals surface area contributed by atoms with E-state index >= 15 is 0 Å². The lowest BCUT2D eigenvalue weighted by Crippen LogP contribution is -2.02. The van der Waals surface area contributed by atoms with Crippen molar-refractivity contribution in [3.05, 3.63) is 29.3 Å². The maximum atomic E-state index is 13.2. The minimum atomic E-state index is -1.01. The second-order valence-electron chi connectivity index (χ2n) is 3.34. The number of hydrogen-bond donors (Lipinski definition) is 1. The van der Waals surface area contributed by atoms with Gasteiger partial charge in [0.15, 0.2) is 11.6 Å². The summed E-state index contributed by atoms with van der Waals surface area (Å²) in [6.07, 6.45) is -0.135. The molecular weight excluding hydrogens is 202 g/mol. The molecule has 1 rings (SSSR count). The van der Waals surface area contributed by atoms with Crippen molar-refractivity contribution < 1.29 is 18.6 Å². The molecule has 0 saturated heterocycles. The molecule has 0 saturated carbocycles. The van der Waals surface area contributed by atoms with Gasteiger partial charge < -0.3 is 9.84 Å². The molecule has 1 atom stereocenters. The van der Waals surface area contributed by atoms with Gasteiger partial charge >= 0.3 is 0 Å². The number of aliphatic hydroxyl groups excluding tert-OH is 1. The monoisotopic (exact) mass is 216 g/mol. The maximum absolute atomic E-state index is 13.2. The summed E-state index contributed by atoms with van der Waals surface area (Å²) in [5.41, 5.74) is 0.306. The molecule has 1 unspecified atom stereocenters. The first-order chi connectivity index (χ1) is 7.06. The van der Waals surface area contributed by atoms with Crippen LogP contribution in [0.5, 0.6) is 5.75 Å². The number of hydrogen-bond acceptors (Lipinski definition) is 2. The van der Waals surface area contributed by atoms with Crippen LogP contribution in [0.2, 0.25) is 0 Å². The Balaban J connectivity index is 3.02. The van der Waals surface area contributed by atoms with Gasteiger partial charge in [-0.25, -0.2) is 4.39 Å². The Hall–Kier alpha value is -1.16. The van der Waals surface area contributed by atoms with Gasteiger partial charge in [-0.05, 0) is 31.0 Å². The highest BCUT2D eigenvalue weighted by Gasteiger charge is 2.13. The molecule has 0 aliphatic rings. The van der Waals surface area contributed by atoms with Crippen LogP contribution in [0.3, 0.4) is 0 Å². The molecular formula is C11H14F2O2. The quantitative estimate of drug-likeness (QED) is 0.838. The molecule has 0 aromatic heterocycles. The fourth-order valence-corrected chi connectivity index (χ4v) is 1.14. The molecule has 0 bridgehead atoms. The van der Waals surface area contributed by atoms with Gasteiger partial charge in [0.05, 0.1) is 12.7 Å². The Labute approximate surface area is 87.5 Å². The molecule has 15 heavy (non-hydrogen) atoms. The number of aliphatic hydroxyl groups is 1. The van der Waals surface area contributed by atoms with Crippen molar-refractivity contribution in [3.63, 3.8) is 0 Å². The van der Waals surface area contributed by atoms with Gasteiger partial charge in [-0.3, -0.25) is 0 Å². The smallest absolute Gasteiger partial charge is 0.200 e. The minimum Gasteiger partial charge on any atom is -0.490 e. The molecule has 0 heterocycles. The Kier molecular flexibility index (Phi) is 4.03. The Morgan fingerprint density at radius 3 is 2.60 bits per heavy atom. The molecule has 0 spiro atoms. The lowest BCUT2D eigenvalue weighted by Gasteiger charge is -2.10. The van der Waals surface area contributed by atoms with Crippen molar-refractivity contribution >= 4 is 0 Å². The second-order valence-corrected chi connectivity index (χ2v) is 3.34. The first-order valence-corrected chi connectivity index (χ1v) is 4.86. The molecule has 1 N–H and O–H groups in total. The van der Waals surface area contributed by atoms with Gasteiger partial charge in [0, 0.05) is 0 Å². The molecule has 0 radical (unpaired) electrons. The zero-order valence-electron chi connectivity index (χ0n) is 8.76. The number of benzene rings is 1. The van der Waals surface area contributed by atoms with E-state index in [9.17, 15) is 13.9 Å². The van der Waals surface area contributed by atoms with Gasteiger partial charge in [-0.15, -0.1) is 0 Å². The average molecular weight is 216 g/mol. The van der Waals surface area contributed by atoms with E-state index in [0.717, 1.165) is 6.07 Å². The van der Waals surface area contributed by atoms with Crippen LogP contribution < -0.4 is 4.74 Å². The summed E-state index contributed by atoms with van der Waals surface area (Å²) in [6, 6.07) is 2.29. The van der Waals surface area contributed by atoms with E-state index < -0.39 is 17.7 Å². The molecule has 84 valence electrons. The van der Waals surface area contributed by atoms with E-state index in [1.54, 1.807) is 0 Å². The first kappa shape index (κ1) is 11.9. The van der Waals surface area contributed by atoms with Crippen LogP contribution in [0.4, 0.5) is 8.78 Å². The zero-order valence-corrected chi connectivity index (χ0v) is 8.76. The molecule has 0 amide bonds. The van der Waals surface area contributed by atoms with Crippen molar-refractivity contribution in [3.8, 4) is 5.75 Å². The van der Waals surface area contributed by atoms with Crippen LogP contribution >= 0.6 is 0 Å². The van der Waals surface area contributed by atoms with Crippen molar-refractivity contribution in [2.75, 3.05) is 6.61 Å². The highest BCUT2D eigenvalue weighted by molar-refractivity contribution is 5.32. The molecule has 0 fully saturated rings. The lowest BCUT2D eigenvalue weighted by atomic mass is 10.1. The Bertz CT molecular complexity index is 338. The molecule has 0 aliphatic carbocycles. The van der Waals surface area contributed by atoms with Crippen LogP contribution in [0.15, 0.2) is 12.1 Å². The summed E-state index contributed by atoms with van der Waals surface area (Å²) in [4.78, 5) is 0. The van der Waals surface area contributed by atoms with Crippen LogP contribution in [0.25, 0.3) is 0 Å².